The number of hydrogen-bond donors (Lipinski definition) is 0. The van der Waals surface area contributed by atoms with E-state index < -0.39 is 15.3 Å². The van der Waals surface area contributed by atoms with Gasteiger partial charge in [0, 0.05) is 61.2 Å². The van der Waals surface area contributed by atoms with Crippen molar-refractivity contribution in [2.75, 3.05) is 29.5 Å². The molecule has 3 heterocycles. The molecule has 2 aromatic heterocycles. The van der Waals surface area contributed by atoms with Gasteiger partial charge in [-0.1, -0.05) is 25.0 Å². The number of Topliss-reactive ketones (excluding diaryl/α,β-unsaturated/α-hetero) is 1. The van der Waals surface area contributed by atoms with Crippen molar-refractivity contribution in [3.8, 4) is 28.6 Å². The van der Waals surface area contributed by atoms with E-state index in [4.69, 9.17) is 5.10 Å². The van der Waals surface area contributed by atoms with Crippen LogP contribution in [0.15, 0.2) is 73.2 Å². The van der Waals surface area contributed by atoms with Crippen LogP contribution in [0.2, 0.25) is 0 Å². The molecule has 3 fully saturated rings. The van der Waals surface area contributed by atoms with E-state index in [1.807, 2.05) is 45.9 Å². The summed E-state index contributed by atoms with van der Waals surface area (Å²) in [6.45, 7) is 0.991. The van der Waals surface area contributed by atoms with E-state index in [9.17, 15) is 18.5 Å². The molecular weight excluding hydrogens is 572 g/mol. The summed E-state index contributed by atoms with van der Waals surface area (Å²) >= 11 is 0. The Bertz CT molecular complexity index is 1790. The lowest BCUT2D eigenvalue weighted by Gasteiger charge is -2.31. The molecule has 0 N–H and O–H groups in total. The molecule has 10 heteroatoms. The van der Waals surface area contributed by atoms with Crippen molar-refractivity contribution in [3.05, 3.63) is 78.9 Å². The van der Waals surface area contributed by atoms with Crippen LogP contribution in [-0.4, -0.2) is 58.4 Å². The number of sulfone groups is 1. The van der Waals surface area contributed by atoms with Crippen LogP contribution in [0, 0.1) is 22.7 Å². The summed E-state index contributed by atoms with van der Waals surface area (Å²) in [7, 11) is -2.96. The van der Waals surface area contributed by atoms with Crippen molar-refractivity contribution in [2.24, 2.45) is 11.3 Å². The Balaban J connectivity index is 1.23. The van der Waals surface area contributed by atoms with E-state index in [0.717, 1.165) is 72.4 Å². The van der Waals surface area contributed by atoms with Crippen molar-refractivity contribution >= 4 is 21.3 Å². The molecule has 2 atom stereocenters. The highest BCUT2D eigenvalue weighted by atomic mass is 32.2. The molecular formula is C34H36N6O3S. The Labute approximate surface area is 258 Å². The topological polar surface area (TPSA) is 114 Å². The zero-order valence-electron chi connectivity index (χ0n) is 24.7. The van der Waals surface area contributed by atoms with Gasteiger partial charge in [-0.3, -0.25) is 4.79 Å². The van der Waals surface area contributed by atoms with Crippen LogP contribution in [-0.2, 0) is 14.6 Å². The van der Waals surface area contributed by atoms with Crippen LogP contribution in [0.5, 0.6) is 0 Å². The van der Waals surface area contributed by atoms with Crippen molar-refractivity contribution in [1.29, 1.82) is 5.26 Å². The van der Waals surface area contributed by atoms with Gasteiger partial charge < -0.3 is 4.90 Å². The van der Waals surface area contributed by atoms with Crippen LogP contribution in [0.4, 0.5) is 5.69 Å². The predicted octanol–water partition coefficient (Wildman–Crippen LogP) is 5.50. The first kappa shape index (κ1) is 28.5. The maximum atomic E-state index is 13.7. The average Bonchev–Trinajstić information content (AvgIpc) is 3.41. The number of ketones is 1. The normalized spacial score (nSPS) is 22.3. The molecule has 1 aliphatic heterocycles. The molecule has 0 spiro atoms. The summed E-state index contributed by atoms with van der Waals surface area (Å²) in [4.78, 5) is 15.8. The quantitative estimate of drug-likeness (QED) is 0.260. The first-order valence-corrected chi connectivity index (χ1v) is 17.4. The number of rotatable bonds is 8. The second-order valence-corrected chi connectivity index (χ2v) is 14.9. The third-order valence-corrected chi connectivity index (χ3v) is 11.3. The van der Waals surface area contributed by atoms with Gasteiger partial charge in [0.25, 0.3) is 0 Å². The molecule has 7 rings (SSSR count). The summed E-state index contributed by atoms with van der Waals surface area (Å²) in [6.07, 6.45) is 11.5. The maximum Gasteiger partial charge on any atom is 0.153 e. The first-order valence-electron chi connectivity index (χ1n) is 15.5. The third kappa shape index (κ3) is 5.69. The number of hydrogen-bond acceptors (Lipinski definition) is 7. The molecule has 3 aliphatic rings. The Morgan fingerprint density at radius 1 is 0.932 bits per heavy atom. The molecule has 44 heavy (non-hydrogen) atoms. The molecule has 2 saturated carbocycles. The van der Waals surface area contributed by atoms with Crippen molar-refractivity contribution in [1.82, 2.24) is 19.6 Å². The van der Waals surface area contributed by atoms with E-state index in [1.54, 1.807) is 6.20 Å². The van der Waals surface area contributed by atoms with Crippen LogP contribution in [0.25, 0.3) is 22.5 Å². The fraction of sp³-hybridized carbons (Fsp3) is 0.412. The van der Waals surface area contributed by atoms with Crippen molar-refractivity contribution in [3.63, 3.8) is 0 Å². The lowest BCUT2D eigenvalue weighted by atomic mass is 9.72. The maximum absolute atomic E-state index is 13.7. The summed E-state index contributed by atoms with van der Waals surface area (Å²) in [6, 6.07) is 20.7. The SMILES string of the molecule is N#CC1(CC(=O)[C@@H]2CCCC[C@H]2c2nn(-c3ccc(-n4cccn4)cc3)cc2-c2ccc(N3CCS(=O)(=O)CC3)cc2)CC1. The van der Waals surface area contributed by atoms with Crippen molar-refractivity contribution in [2.45, 2.75) is 50.9 Å². The highest BCUT2D eigenvalue weighted by Crippen LogP contribution is 2.51. The van der Waals surface area contributed by atoms with Gasteiger partial charge in [0.05, 0.1) is 40.1 Å². The number of carbonyl (C=O) groups excluding carboxylic acids is 1. The van der Waals surface area contributed by atoms with Gasteiger partial charge in [-0.25, -0.2) is 17.8 Å². The second-order valence-electron chi connectivity index (χ2n) is 12.6. The molecule has 0 unspecified atom stereocenters. The van der Waals surface area contributed by atoms with E-state index in [-0.39, 0.29) is 29.1 Å². The third-order valence-electron chi connectivity index (χ3n) is 9.65. The number of nitrogens with zero attached hydrogens (tertiary/aromatic N) is 6. The van der Waals surface area contributed by atoms with E-state index in [1.165, 1.54) is 0 Å². The zero-order valence-corrected chi connectivity index (χ0v) is 25.5. The Morgan fingerprint density at radius 3 is 2.23 bits per heavy atom. The fourth-order valence-corrected chi connectivity index (χ4v) is 8.01. The Hall–Kier alpha value is -4.23. The van der Waals surface area contributed by atoms with E-state index >= 15 is 0 Å². The molecule has 2 aromatic carbocycles. The van der Waals surface area contributed by atoms with Gasteiger partial charge in [-0.2, -0.15) is 15.5 Å². The van der Waals surface area contributed by atoms with Crippen LogP contribution < -0.4 is 4.90 Å². The van der Waals surface area contributed by atoms with E-state index in [0.29, 0.717) is 19.5 Å². The standard InChI is InChI=1S/C34H36N6O3S/c35-24-34(14-15-34)22-32(41)29-4-1-2-5-30(29)33-31(25-6-8-26(9-7-25)38-18-20-44(42,43)21-19-38)23-40(37-33)28-12-10-27(11-13-28)39-17-3-16-36-39/h3,6-13,16-17,23,29-30H,1-2,4-5,14-15,18-22H2/t29-,30-/m1/s1. The monoisotopic (exact) mass is 608 g/mol. The molecule has 0 radical (unpaired) electrons. The highest BCUT2D eigenvalue weighted by Gasteiger charge is 2.47. The fourth-order valence-electron chi connectivity index (χ4n) is 6.81. The molecule has 0 bridgehead atoms. The summed E-state index contributed by atoms with van der Waals surface area (Å²) < 4.78 is 27.6. The van der Waals surface area contributed by atoms with Gasteiger partial charge in [0.1, 0.15) is 5.78 Å². The molecule has 4 aromatic rings. The molecule has 2 aliphatic carbocycles. The second kappa shape index (κ2) is 11.4. The van der Waals surface area contributed by atoms with Crippen LogP contribution in [0.3, 0.4) is 0 Å². The number of benzene rings is 2. The largest absolute Gasteiger partial charge is 0.369 e. The summed E-state index contributed by atoms with van der Waals surface area (Å²) in [5, 5.41) is 19.2. The number of carbonyl (C=O) groups is 1. The minimum absolute atomic E-state index is 0.0164. The Morgan fingerprint density at radius 2 is 1.59 bits per heavy atom. The van der Waals surface area contributed by atoms with Gasteiger partial charge in [-0.15, -0.1) is 0 Å². The van der Waals surface area contributed by atoms with Crippen molar-refractivity contribution < 1.29 is 13.2 Å². The van der Waals surface area contributed by atoms with Crippen LogP contribution in [0.1, 0.15) is 56.6 Å². The Kier molecular flexibility index (Phi) is 7.37. The number of anilines is 1. The lowest BCUT2D eigenvalue weighted by Crippen LogP contribution is -2.40. The number of nitriles is 1. The summed E-state index contributed by atoms with van der Waals surface area (Å²) in [5.74, 6) is 0.392. The molecule has 0 amide bonds. The minimum Gasteiger partial charge on any atom is -0.369 e. The molecule has 9 nitrogen and oxygen atoms in total. The first-order chi connectivity index (χ1) is 21.3. The van der Waals surface area contributed by atoms with Gasteiger partial charge in [-0.05, 0) is 73.7 Å². The van der Waals surface area contributed by atoms with Crippen LogP contribution >= 0.6 is 0 Å². The van der Waals surface area contributed by atoms with Gasteiger partial charge >= 0.3 is 0 Å². The smallest absolute Gasteiger partial charge is 0.153 e. The highest BCUT2D eigenvalue weighted by molar-refractivity contribution is 7.91. The minimum atomic E-state index is -2.96. The molecule has 1 saturated heterocycles. The zero-order chi connectivity index (χ0) is 30.3. The average molecular weight is 609 g/mol. The lowest BCUT2D eigenvalue weighted by molar-refractivity contribution is -0.125. The predicted molar refractivity (Wildman–Crippen MR) is 169 cm³/mol. The van der Waals surface area contributed by atoms with E-state index in [2.05, 4.69) is 46.5 Å². The number of aromatic nitrogens is 4. The molecule has 226 valence electrons. The summed E-state index contributed by atoms with van der Waals surface area (Å²) in [5.41, 5.74) is 5.36. The van der Waals surface area contributed by atoms with Gasteiger partial charge in [0.15, 0.2) is 9.84 Å². The van der Waals surface area contributed by atoms with Gasteiger partial charge in [0.2, 0.25) is 0 Å².